The van der Waals surface area contributed by atoms with Gasteiger partial charge in [-0.05, 0) is 30.5 Å². The second-order valence-corrected chi connectivity index (χ2v) is 5.53. The number of aliphatic imine (C=N–C) groups is 1. The van der Waals surface area contributed by atoms with Crippen molar-refractivity contribution in [2.75, 3.05) is 32.1 Å². The second-order valence-electron chi connectivity index (χ2n) is 5.53. The van der Waals surface area contributed by atoms with E-state index in [1.807, 2.05) is 14.1 Å². The lowest BCUT2D eigenvalue weighted by molar-refractivity contribution is 0.615. The van der Waals surface area contributed by atoms with E-state index in [0.717, 1.165) is 19.0 Å². The van der Waals surface area contributed by atoms with Crippen molar-refractivity contribution in [3.05, 3.63) is 29.8 Å². The van der Waals surface area contributed by atoms with Crippen LogP contribution in [0.4, 0.5) is 5.69 Å². The van der Waals surface area contributed by atoms with Gasteiger partial charge in [-0.3, -0.25) is 0 Å². The van der Waals surface area contributed by atoms with Crippen LogP contribution in [-0.2, 0) is 6.54 Å². The van der Waals surface area contributed by atoms with E-state index >= 15 is 0 Å². The molecule has 0 aromatic heterocycles. The molecule has 1 aromatic rings. The number of halogens is 1. The molecule has 0 bridgehead atoms. The maximum absolute atomic E-state index is 4.61. The van der Waals surface area contributed by atoms with E-state index in [0.29, 0.717) is 12.5 Å². The first-order chi connectivity index (χ1) is 9.52. The monoisotopic (exact) mass is 404 g/mol. The minimum Gasteiger partial charge on any atom is -0.378 e. The topological polar surface area (TPSA) is 39.7 Å². The summed E-state index contributed by atoms with van der Waals surface area (Å²) >= 11 is 0. The molecule has 1 rings (SSSR count). The lowest BCUT2D eigenvalue weighted by atomic mass is 10.2. The molecular weight excluding hydrogens is 375 g/mol. The fourth-order valence-electron chi connectivity index (χ4n) is 1.71. The Labute approximate surface area is 146 Å². The zero-order chi connectivity index (χ0) is 15.0. The number of anilines is 1. The van der Waals surface area contributed by atoms with Gasteiger partial charge in [-0.2, -0.15) is 0 Å². The minimum atomic E-state index is 0. The van der Waals surface area contributed by atoms with Gasteiger partial charge in [0, 0.05) is 32.9 Å². The van der Waals surface area contributed by atoms with Crippen LogP contribution in [0, 0.1) is 5.92 Å². The molecule has 0 unspecified atom stereocenters. The zero-order valence-electron chi connectivity index (χ0n) is 13.8. The predicted molar refractivity (Wildman–Crippen MR) is 104 cm³/mol. The van der Waals surface area contributed by atoms with Gasteiger partial charge < -0.3 is 15.5 Å². The standard InChI is InChI=1S/C16H28N4.HI/c1-6-17-16(18-11-13(2)3)19-12-14-7-9-15(10-8-14)20(4)5;/h7-10,13H,6,11-12H2,1-5H3,(H2,17,18,19);1H. The van der Waals surface area contributed by atoms with Crippen molar-refractivity contribution in [3.8, 4) is 0 Å². The third-order valence-corrected chi connectivity index (χ3v) is 2.89. The smallest absolute Gasteiger partial charge is 0.191 e. The Morgan fingerprint density at radius 1 is 1.14 bits per heavy atom. The third kappa shape index (κ3) is 8.14. The Balaban J connectivity index is 0.00000400. The Bertz CT molecular complexity index is 413. The van der Waals surface area contributed by atoms with E-state index in [4.69, 9.17) is 0 Å². The van der Waals surface area contributed by atoms with Crippen LogP contribution >= 0.6 is 24.0 Å². The molecule has 0 radical (unpaired) electrons. The lowest BCUT2D eigenvalue weighted by Gasteiger charge is -2.14. The van der Waals surface area contributed by atoms with Crippen molar-refractivity contribution in [2.45, 2.75) is 27.3 Å². The van der Waals surface area contributed by atoms with Crippen LogP contribution in [0.25, 0.3) is 0 Å². The molecule has 1 aromatic carbocycles. The molecule has 0 aliphatic rings. The van der Waals surface area contributed by atoms with Gasteiger partial charge in [0.2, 0.25) is 0 Å². The largest absolute Gasteiger partial charge is 0.378 e. The van der Waals surface area contributed by atoms with Gasteiger partial charge in [0.05, 0.1) is 6.54 Å². The number of guanidine groups is 1. The van der Waals surface area contributed by atoms with Crippen molar-refractivity contribution in [1.82, 2.24) is 10.6 Å². The number of benzene rings is 1. The fourth-order valence-corrected chi connectivity index (χ4v) is 1.71. The first-order valence-electron chi connectivity index (χ1n) is 7.31. The van der Waals surface area contributed by atoms with Crippen molar-refractivity contribution >= 4 is 35.6 Å². The molecule has 0 heterocycles. The van der Waals surface area contributed by atoms with Gasteiger partial charge in [0.25, 0.3) is 0 Å². The maximum atomic E-state index is 4.61. The van der Waals surface area contributed by atoms with Gasteiger partial charge in [-0.15, -0.1) is 24.0 Å². The molecule has 0 saturated carbocycles. The normalized spacial score (nSPS) is 11.0. The minimum absolute atomic E-state index is 0. The predicted octanol–water partition coefficient (Wildman–Crippen LogP) is 3.08. The highest BCUT2D eigenvalue weighted by atomic mass is 127. The maximum Gasteiger partial charge on any atom is 0.191 e. The first-order valence-corrected chi connectivity index (χ1v) is 7.31. The van der Waals surface area contributed by atoms with Crippen LogP contribution in [0.1, 0.15) is 26.3 Å². The summed E-state index contributed by atoms with van der Waals surface area (Å²) in [7, 11) is 4.10. The fraction of sp³-hybridized carbons (Fsp3) is 0.562. The molecule has 0 saturated heterocycles. The van der Waals surface area contributed by atoms with E-state index in [1.165, 1.54) is 11.3 Å². The van der Waals surface area contributed by atoms with Crippen LogP contribution < -0.4 is 15.5 Å². The number of nitrogens with one attached hydrogen (secondary N) is 2. The van der Waals surface area contributed by atoms with E-state index in [1.54, 1.807) is 0 Å². The van der Waals surface area contributed by atoms with Gasteiger partial charge in [0.15, 0.2) is 5.96 Å². The molecule has 120 valence electrons. The van der Waals surface area contributed by atoms with Gasteiger partial charge in [-0.25, -0.2) is 4.99 Å². The van der Waals surface area contributed by atoms with E-state index in [-0.39, 0.29) is 24.0 Å². The highest BCUT2D eigenvalue weighted by Crippen LogP contribution is 2.12. The summed E-state index contributed by atoms with van der Waals surface area (Å²) < 4.78 is 0. The summed E-state index contributed by atoms with van der Waals surface area (Å²) in [5, 5.41) is 6.62. The summed E-state index contributed by atoms with van der Waals surface area (Å²) in [6.07, 6.45) is 0. The summed E-state index contributed by atoms with van der Waals surface area (Å²) in [6, 6.07) is 8.51. The van der Waals surface area contributed by atoms with Crippen LogP contribution in [0.15, 0.2) is 29.3 Å². The van der Waals surface area contributed by atoms with E-state index < -0.39 is 0 Å². The molecule has 5 heteroatoms. The number of hydrogen-bond acceptors (Lipinski definition) is 2. The van der Waals surface area contributed by atoms with Crippen molar-refractivity contribution in [2.24, 2.45) is 10.9 Å². The molecule has 0 spiro atoms. The number of hydrogen-bond donors (Lipinski definition) is 2. The molecular formula is C16H29IN4. The van der Waals surface area contributed by atoms with E-state index in [2.05, 4.69) is 65.6 Å². The van der Waals surface area contributed by atoms with Crippen LogP contribution in [0.5, 0.6) is 0 Å². The molecule has 2 N–H and O–H groups in total. The Morgan fingerprint density at radius 3 is 2.24 bits per heavy atom. The summed E-state index contributed by atoms with van der Waals surface area (Å²) in [4.78, 5) is 6.71. The van der Waals surface area contributed by atoms with Crippen LogP contribution in [0.3, 0.4) is 0 Å². The molecule has 0 aliphatic heterocycles. The Morgan fingerprint density at radius 2 is 1.76 bits per heavy atom. The highest BCUT2D eigenvalue weighted by molar-refractivity contribution is 14.0. The van der Waals surface area contributed by atoms with Crippen LogP contribution in [0.2, 0.25) is 0 Å². The lowest BCUT2D eigenvalue weighted by Crippen LogP contribution is -2.39. The summed E-state index contributed by atoms with van der Waals surface area (Å²) in [5.74, 6) is 1.50. The molecule has 0 atom stereocenters. The first kappa shape index (κ1) is 20.0. The third-order valence-electron chi connectivity index (χ3n) is 2.89. The average molecular weight is 404 g/mol. The molecule has 0 fully saturated rings. The quantitative estimate of drug-likeness (QED) is 0.435. The highest BCUT2D eigenvalue weighted by Gasteiger charge is 2.00. The Hall–Kier alpha value is -0.980. The zero-order valence-corrected chi connectivity index (χ0v) is 16.1. The van der Waals surface area contributed by atoms with Crippen molar-refractivity contribution in [1.29, 1.82) is 0 Å². The number of rotatable bonds is 6. The van der Waals surface area contributed by atoms with E-state index in [9.17, 15) is 0 Å². The van der Waals surface area contributed by atoms with Crippen LogP contribution in [-0.4, -0.2) is 33.1 Å². The summed E-state index contributed by atoms with van der Waals surface area (Å²) in [5.41, 5.74) is 2.43. The number of nitrogens with zero attached hydrogens (tertiary/aromatic N) is 2. The summed E-state index contributed by atoms with van der Waals surface area (Å²) in [6.45, 7) is 8.97. The molecule has 4 nitrogen and oxygen atoms in total. The second kappa shape index (κ2) is 10.7. The Kier molecular flexibility index (Phi) is 10.2. The average Bonchev–Trinajstić information content (AvgIpc) is 2.42. The SMILES string of the molecule is CCNC(=NCc1ccc(N(C)C)cc1)NCC(C)C.I. The van der Waals surface area contributed by atoms with Gasteiger partial charge >= 0.3 is 0 Å². The molecule has 0 aliphatic carbocycles. The van der Waals surface area contributed by atoms with Crippen molar-refractivity contribution < 1.29 is 0 Å². The molecule has 21 heavy (non-hydrogen) atoms. The van der Waals surface area contributed by atoms with Gasteiger partial charge in [0.1, 0.15) is 0 Å². The molecule has 0 amide bonds. The van der Waals surface area contributed by atoms with Crippen molar-refractivity contribution in [3.63, 3.8) is 0 Å². The van der Waals surface area contributed by atoms with Gasteiger partial charge in [-0.1, -0.05) is 26.0 Å².